The van der Waals surface area contributed by atoms with Gasteiger partial charge in [-0.2, -0.15) is 0 Å². The summed E-state index contributed by atoms with van der Waals surface area (Å²) in [6.45, 7) is 7.46. The maximum atomic E-state index is 10.2. The maximum absolute atomic E-state index is 10.2. The van der Waals surface area contributed by atoms with Crippen molar-refractivity contribution in [2.24, 2.45) is 5.92 Å². The summed E-state index contributed by atoms with van der Waals surface area (Å²) in [5.74, 6) is 0.662. The van der Waals surface area contributed by atoms with Gasteiger partial charge in [0.25, 0.3) is 0 Å². The molecule has 1 saturated heterocycles. The highest BCUT2D eigenvalue weighted by molar-refractivity contribution is 7.09. The Morgan fingerprint density at radius 2 is 2.30 bits per heavy atom. The van der Waals surface area contributed by atoms with Crippen molar-refractivity contribution < 1.29 is 9.84 Å². The number of hydrogen-bond acceptors (Lipinski definition) is 4. The minimum atomic E-state index is -0.380. The van der Waals surface area contributed by atoms with Crippen LogP contribution in [0, 0.1) is 5.92 Å². The molecule has 1 fully saturated rings. The van der Waals surface area contributed by atoms with Crippen LogP contribution in [-0.4, -0.2) is 41.8 Å². The third kappa shape index (κ3) is 4.85. The zero-order chi connectivity index (χ0) is 14.4. The Morgan fingerprint density at radius 1 is 1.45 bits per heavy atom. The summed E-state index contributed by atoms with van der Waals surface area (Å²) in [5.41, 5.74) is 0. The summed E-state index contributed by atoms with van der Waals surface area (Å²) in [5, 5.41) is 12.2. The van der Waals surface area contributed by atoms with Gasteiger partial charge in [-0.25, -0.2) is 0 Å². The first-order chi connectivity index (χ1) is 9.66. The molecule has 0 aliphatic carbocycles. The van der Waals surface area contributed by atoms with Crippen LogP contribution in [0.3, 0.4) is 0 Å². The van der Waals surface area contributed by atoms with E-state index in [9.17, 15) is 5.11 Å². The van der Waals surface area contributed by atoms with Crippen molar-refractivity contribution in [2.75, 3.05) is 19.7 Å². The predicted molar refractivity (Wildman–Crippen MR) is 84.0 cm³/mol. The van der Waals surface area contributed by atoms with Gasteiger partial charge >= 0.3 is 0 Å². The Bertz CT molecular complexity index is 367. The Balaban J connectivity index is 1.70. The molecule has 1 N–H and O–H groups in total. The minimum absolute atomic E-state index is 0.380. The fourth-order valence-electron chi connectivity index (χ4n) is 3.01. The molecular formula is C16H27NO2S. The summed E-state index contributed by atoms with van der Waals surface area (Å²) < 4.78 is 5.61. The van der Waals surface area contributed by atoms with Crippen LogP contribution in [0.4, 0.5) is 0 Å². The summed E-state index contributed by atoms with van der Waals surface area (Å²) >= 11 is 1.70. The highest BCUT2D eigenvalue weighted by Gasteiger charge is 2.26. The highest BCUT2D eigenvalue weighted by atomic mass is 32.1. The molecule has 20 heavy (non-hydrogen) atoms. The van der Waals surface area contributed by atoms with Gasteiger partial charge in [0.1, 0.15) is 0 Å². The van der Waals surface area contributed by atoms with Gasteiger partial charge in [0.15, 0.2) is 0 Å². The number of piperidine rings is 1. The molecule has 0 radical (unpaired) electrons. The lowest BCUT2D eigenvalue weighted by Crippen LogP contribution is -2.47. The van der Waals surface area contributed by atoms with Gasteiger partial charge in [0.2, 0.25) is 0 Å². The molecular weight excluding hydrogens is 270 g/mol. The molecule has 0 amide bonds. The molecule has 0 saturated carbocycles. The molecule has 2 atom stereocenters. The Hall–Kier alpha value is -0.420. The third-order valence-corrected chi connectivity index (χ3v) is 4.86. The number of hydrogen-bond donors (Lipinski definition) is 1. The number of nitrogens with zero attached hydrogens (tertiary/aromatic N) is 1. The van der Waals surface area contributed by atoms with E-state index in [-0.39, 0.29) is 6.10 Å². The van der Waals surface area contributed by atoms with Gasteiger partial charge in [-0.05, 0) is 36.8 Å². The van der Waals surface area contributed by atoms with Crippen LogP contribution >= 0.6 is 11.3 Å². The van der Waals surface area contributed by atoms with E-state index in [1.165, 1.54) is 24.1 Å². The summed E-state index contributed by atoms with van der Waals surface area (Å²) in [7, 11) is 0. The van der Waals surface area contributed by atoms with Crippen molar-refractivity contribution >= 4 is 11.3 Å². The lowest BCUT2D eigenvalue weighted by Gasteiger charge is -2.39. The van der Waals surface area contributed by atoms with Crippen molar-refractivity contribution in [1.29, 1.82) is 0 Å². The molecule has 0 aromatic carbocycles. The van der Waals surface area contributed by atoms with Crippen LogP contribution in [0.25, 0.3) is 0 Å². The average Bonchev–Trinajstić information content (AvgIpc) is 2.92. The lowest BCUT2D eigenvalue weighted by atomic mass is 9.92. The fraction of sp³-hybridized carbons (Fsp3) is 0.750. The molecule has 3 nitrogen and oxygen atoms in total. The first-order valence-electron chi connectivity index (χ1n) is 7.69. The summed E-state index contributed by atoms with van der Waals surface area (Å²) in [6, 6.07) is 4.72. The van der Waals surface area contributed by atoms with Crippen LogP contribution in [-0.2, 0) is 11.3 Å². The third-order valence-electron chi connectivity index (χ3n) is 4.01. The van der Waals surface area contributed by atoms with E-state index in [4.69, 9.17) is 4.74 Å². The van der Waals surface area contributed by atoms with E-state index in [0.29, 0.717) is 25.2 Å². The molecule has 1 aromatic heterocycles. The van der Waals surface area contributed by atoms with Crippen molar-refractivity contribution in [3.8, 4) is 0 Å². The number of thiophene rings is 1. The maximum Gasteiger partial charge on any atom is 0.0900 e. The lowest BCUT2D eigenvalue weighted by molar-refractivity contribution is -0.00854. The Labute approximate surface area is 126 Å². The topological polar surface area (TPSA) is 32.7 Å². The number of β-amino-alcohol motifs (C(OH)–C–C–N with tert-alkyl or cyclic N) is 1. The zero-order valence-corrected chi connectivity index (χ0v) is 13.4. The molecule has 4 heteroatoms. The van der Waals surface area contributed by atoms with Crippen LogP contribution in [0.5, 0.6) is 0 Å². The van der Waals surface area contributed by atoms with E-state index >= 15 is 0 Å². The van der Waals surface area contributed by atoms with Gasteiger partial charge in [0.05, 0.1) is 19.3 Å². The average molecular weight is 297 g/mol. The van der Waals surface area contributed by atoms with Crippen molar-refractivity contribution in [2.45, 2.75) is 51.9 Å². The molecule has 114 valence electrons. The van der Waals surface area contributed by atoms with Crippen molar-refractivity contribution in [3.63, 3.8) is 0 Å². The predicted octanol–water partition coefficient (Wildman–Crippen LogP) is 3.14. The Kier molecular flexibility index (Phi) is 6.49. The zero-order valence-electron chi connectivity index (χ0n) is 12.6. The molecule has 0 bridgehead atoms. The van der Waals surface area contributed by atoms with Gasteiger partial charge in [-0.15, -0.1) is 11.3 Å². The molecule has 1 aliphatic heterocycles. The molecule has 1 aromatic rings. The van der Waals surface area contributed by atoms with E-state index in [1.807, 2.05) is 6.07 Å². The second-order valence-corrected chi connectivity index (χ2v) is 7.08. The molecule has 2 heterocycles. The number of aliphatic hydroxyl groups excluding tert-OH is 1. The summed E-state index contributed by atoms with van der Waals surface area (Å²) in [4.78, 5) is 3.67. The van der Waals surface area contributed by atoms with Gasteiger partial charge in [0, 0.05) is 17.5 Å². The van der Waals surface area contributed by atoms with E-state index in [1.54, 1.807) is 11.3 Å². The van der Waals surface area contributed by atoms with Crippen LogP contribution in [0.1, 0.15) is 38.0 Å². The van der Waals surface area contributed by atoms with Gasteiger partial charge in [-0.1, -0.05) is 26.3 Å². The van der Waals surface area contributed by atoms with Gasteiger partial charge in [-0.3, -0.25) is 4.90 Å². The largest absolute Gasteiger partial charge is 0.389 e. The number of rotatable bonds is 7. The number of aliphatic hydroxyl groups is 1. The smallest absolute Gasteiger partial charge is 0.0900 e. The van der Waals surface area contributed by atoms with Crippen LogP contribution in [0.2, 0.25) is 0 Å². The standard InChI is InChI=1S/C16H27NO2S/c1-13(2)16-7-3-4-8-17(16)10-14(18)11-19-12-15-6-5-9-20-15/h5-6,9,13-14,16,18H,3-4,7-8,10-12H2,1-2H3. The molecule has 2 rings (SSSR count). The normalized spacial score (nSPS) is 22.3. The second-order valence-electron chi connectivity index (χ2n) is 6.05. The SMILES string of the molecule is CC(C)C1CCCCN1CC(O)COCc1cccs1. The van der Waals surface area contributed by atoms with E-state index < -0.39 is 0 Å². The quantitative estimate of drug-likeness (QED) is 0.839. The number of likely N-dealkylation sites (tertiary alicyclic amines) is 1. The summed E-state index contributed by atoms with van der Waals surface area (Å²) in [6.07, 6.45) is 3.46. The minimum Gasteiger partial charge on any atom is -0.389 e. The Morgan fingerprint density at radius 3 is 3.00 bits per heavy atom. The molecule has 0 spiro atoms. The number of ether oxygens (including phenoxy) is 1. The monoisotopic (exact) mass is 297 g/mol. The first kappa shape index (κ1) is 16.0. The van der Waals surface area contributed by atoms with Crippen LogP contribution in [0.15, 0.2) is 17.5 Å². The van der Waals surface area contributed by atoms with Crippen LogP contribution < -0.4 is 0 Å². The second kappa shape index (κ2) is 8.13. The first-order valence-corrected chi connectivity index (χ1v) is 8.57. The van der Waals surface area contributed by atoms with E-state index in [0.717, 1.165) is 13.1 Å². The van der Waals surface area contributed by atoms with E-state index in [2.05, 4.69) is 30.2 Å². The molecule has 2 unspecified atom stereocenters. The fourth-order valence-corrected chi connectivity index (χ4v) is 3.65. The van der Waals surface area contributed by atoms with Gasteiger partial charge < -0.3 is 9.84 Å². The molecule has 1 aliphatic rings. The van der Waals surface area contributed by atoms with Crippen molar-refractivity contribution in [3.05, 3.63) is 22.4 Å². The highest BCUT2D eigenvalue weighted by Crippen LogP contribution is 2.23. The van der Waals surface area contributed by atoms with Crippen molar-refractivity contribution in [1.82, 2.24) is 4.90 Å².